The van der Waals surface area contributed by atoms with E-state index in [1.54, 1.807) is 0 Å². The van der Waals surface area contributed by atoms with Gasteiger partial charge in [0.25, 0.3) is 0 Å². The lowest BCUT2D eigenvalue weighted by Gasteiger charge is -2.27. The van der Waals surface area contributed by atoms with Crippen LogP contribution in [-0.4, -0.2) is 18.9 Å². The molecular formula is C16H23N5O. The highest BCUT2D eigenvalue weighted by atomic mass is 16.7. The van der Waals surface area contributed by atoms with Crippen molar-refractivity contribution in [1.29, 1.82) is 5.26 Å². The van der Waals surface area contributed by atoms with Crippen molar-refractivity contribution in [3.8, 4) is 6.07 Å². The van der Waals surface area contributed by atoms with Crippen molar-refractivity contribution in [3.63, 3.8) is 0 Å². The van der Waals surface area contributed by atoms with Gasteiger partial charge in [0.2, 0.25) is 0 Å². The molecule has 6 nitrogen and oxygen atoms in total. The Morgan fingerprint density at radius 1 is 1.32 bits per heavy atom. The molecule has 2 aliphatic rings. The zero-order valence-corrected chi connectivity index (χ0v) is 12.8. The molecule has 1 aromatic rings. The summed E-state index contributed by atoms with van der Waals surface area (Å²) in [5.41, 5.74) is 5.39. The Morgan fingerprint density at radius 2 is 2.14 bits per heavy atom. The molecule has 0 bridgehead atoms. The van der Waals surface area contributed by atoms with Gasteiger partial charge in [0.05, 0.1) is 18.2 Å². The van der Waals surface area contributed by atoms with E-state index in [1.165, 1.54) is 11.1 Å². The van der Waals surface area contributed by atoms with Crippen LogP contribution in [0.25, 0.3) is 0 Å². The molecule has 0 amide bonds. The van der Waals surface area contributed by atoms with Crippen LogP contribution in [0.5, 0.6) is 0 Å². The van der Waals surface area contributed by atoms with Crippen molar-refractivity contribution < 1.29 is 4.84 Å². The van der Waals surface area contributed by atoms with Gasteiger partial charge in [-0.05, 0) is 30.9 Å². The Balaban J connectivity index is 1.46. The predicted octanol–water partition coefficient (Wildman–Crippen LogP) is 1.09. The molecule has 4 unspecified atom stereocenters. The van der Waals surface area contributed by atoms with Crippen LogP contribution in [0.4, 0.5) is 0 Å². The highest BCUT2D eigenvalue weighted by Gasteiger charge is 2.22. The molecule has 3 rings (SSSR count). The van der Waals surface area contributed by atoms with Gasteiger partial charge in [-0.15, -0.1) is 0 Å². The van der Waals surface area contributed by atoms with Gasteiger partial charge >= 0.3 is 0 Å². The number of nitrogens with zero attached hydrogens (tertiary/aromatic N) is 1. The van der Waals surface area contributed by atoms with Gasteiger partial charge in [0.15, 0.2) is 0 Å². The molecule has 0 radical (unpaired) electrons. The average Bonchev–Trinajstić information content (AvgIpc) is 3.00. The maximum absolute atomic E-state index is 8.89. The predicted molar refractivity (Wildman–Crippen MR) is 83.0 cm³/mol. The van der Waals surface area contributed by atoms with Crippen LogP contribution in [0, 0.1) is 17.2 Å². The van der Waals surface area contributed by atoms with Gasteiger partial charge in [-0.3, -0.25) is 15.5 Å². The lowest BCUT2D eigenvalue weighted by molar-refractivity contribution is 0.0329. The van der Waals surface area contributed by atoms with Crippen LogP contribution in [0.3, 0.4) is 0 Å². The molecule has 6 heteroatoms. The maximum atomic E-state index is 8.89. The molecule has 1 aromatic carbocycles. The largest absolute Gasteiger partial charge is 0.301 e. The van der Waals surface area contributed by atoms with Crippen LogP contribution in [0.1, 0.15) is 37.1 Å². The fraction of sp³-hybridized carbons (Fsp3) is 0.562. The summed E-state index contributed by atoms with van der Waals surface area (Å²) < 4.78 is 0. The van der Waals surface area contributed by atoms with Crippen LogP contribution in [0.2, 0.25) is 0 Å². The van der Waals surface area contributed by atoms with Crippen molar-refractivity contribution in [2.75, 3.05) is 6.54 Å². The molecule has 2 saturated heterocycles. The van der Waals surface area contributed by atoms with Crippen molar-refractivity contribution >= 4 is 0 Å². The number of hydroxylamine groups is 1. The van der Waals surface area contributed by atoms with Gasteiger partial charge in [0, 0.05) is 13.1 Å². The number of hydrogen-bond donors (Lipinski definition) is 4. The summed E-state index contributed by atoms with van der Waals surface area (Å²) in [6.45, 7) is 3.58. The van der Waals surface area contributed by atoms with Crippen LogP contribution < -0.4 is 21.4 Å². The third-order valence-electron chi connectivity index (χ3n) is 4.23. The normalized spacial score (nSPS) is 31.8. The molecule has 2 aliphatic heterocycles. The van der Waals surface area contributed by atoms with Crippen LogP contribution in [-0.2, 0) is 11.4 Å². The molecule has 2 fully saturated rings. The first-order valence-electron chi connectivity index (χ1n) is 7.87. The SMILES string of the molecule is CC1NC(c2ccc(CNC3CCC(C#N)CN3)cc2)NO1. The number of piperidine rings is 1. The molecule has 118 valence electrons. The van der Waals surface area contributed by atoms with E-state index < -0.39 is 0 Å². The Morgan fingerprint density at radius 3 is 2.73 bits per heavy atom. The first-order chi connectivity index (χ1) is 10.7. The minimum Gasteiger partial charge on any atom is -0.301 e. The summed E-state index contributed by atoms with van der Waals surface area (Å²) in [4.78, 5) is 5.29. The topological polar surface area (TPSA) is 81.1 Å². The summed E-state index contributed by atoms with van der Waals surface area (Å²) in [6, 6.07) is 10.8. The van der Waals surface area contributed by atoms with E-state index in [-0.39, 0.29) is 18.3 Å². The Hall–Kier alpha value is -1.49. The van der Waals surface area contributed by atoms with Gasteiger partial charge < -0.3 is 5.32 Å². The number of rotatable bonds is 4. The third-order valence-corrected chi connectivity index (χ3v) is 4.23. The molecule has 0 aliphatic carbocycles. The van der Waals surface area contributed by atoms with Crippen molar-refractivity contribution in [3.05, 3.63) is 35.4 Å². The zero-order chi connectivity index (χ0) is 15.4. The monoisotopic (exact) mass is 301 g/mol. The van der Waals surface area contributed by atoms with Crippen molar-refractivity contribution in [2.45, 2.75) is 44.9 Å². The molecule has 0 spiro atoms. The molecule has 0 saturated carbocycles. The van der Waals surface area contributed by atoms with E-state index in [0.717, 1.165) is 25.9 Å². The molecular weight excluding hydrogens is 278 g/mol. The zero-order valence-electron chi connectivity index (χ0n) is 12.8. The minimum atomic E-state index is 0.0287. The lowest BCUT2D eigenvalue weighted by atomic mass is 9.99. The van der Waals surface area contributed by atoms with E-state index in [1.807, 2.05) is 6.92 Å². The van der Waals surface area contributed by atoms with Gasteiger partial charge in [-0.25, -0.2) is 0 Å². The fourth-order valence-electron chi connectivity index (χ4n) is 2.85. The molecule has 0 aromatic heterocycles. The average molecular weight is 301 g/mol. The summed E-state index contributed by atoms with van der Waals surface area (Å²) in [6.07, 6.45) is 2.36. The number of nitriles is 1. The second-order valence-corrected chi connectivity index (χ2v) is 5.96. The summed E-state index contributed by atoms with van der Waals surface area (Å²) >= 11 is 0. The van der Waals surface area contributed by atoms with E-state index in [2.05, 4.69) is 51.8 Å². The Labute approximate surface area is 131 Å². The molecule has 22 heavy (non-hydrogen) atoms. The smallest absolute Gasteiger partial charge is 0.128 e. The first kappa shape index (κ1) is 15.4. The van der Waals surface area contributed by atoms with Gasteiger partial charge in [0.1, 0.15) is 12.4 Å². The van der Waals surface area contributed by atoms with E-state index in [9.17, 15) is 0 Å². The Kier molecular flexibility index (Phi) is 5.03. The van der Waals surface area contributed by atoms with Crippen LogP contribution in [0.15, 0.2) is 24.3 Å². The second-order valence-electron chi connectivity index (χ2n) is 5.96. The summed E-state index contributed by atoms with van der Waals surface area (Å²) in [7, 11) is 0. The maximum Gasteiger partial charge on any atom is 0.128 e. The van der Waals surface area contributed by atoms with Crippen molar-refractivity contribution in [2.24, 2.45) is 5.92 Å². The molecule has 2 heterocycles. The van der Waals surface area contributed by atoms with Gasteiger partial charge in [-0.2, -0.15) is 10.7 Å². The van der Waals surface area contributed by atoms with Crippen LogP contribution >= 0.6 is 0 Å². The first-order valence-corrected chi connectivity index (χ1v) is 7.87. The standard InChI is InChI=1S/C16H23N5O/c1-11-20-16(21-22-11)14-5-2-12(3-6-14)9-18-15-7-4-13(8-17)10-19-15/h2-3,5-6,11,13,15-16,18-21H,4,7,9-10H2,1H3. The van der Waals surface area contributed by atoms with Gasteiger partial charge in [-0.1, -0.05) is 24.3 Å². The highest BCUT2D eigenvalue weighted by molar-refractivity contribution is 5.25. The fourth-order valence-corrected chi connectivity index (χ4v) is 2.85. The number of nitrogens with one attached hydrogen (secondary N) is 4. The summed E-state index contributed by atoms with van der Waals surface area (Å²) in [5.74, 6) is 0.161. The number of benzene rings is 1. The molecule has 4 N–H and O–H groups in total. The van der Waals surface area contributed by atoms with Crippen molar-refractivity contribution in [1.82, 2.24) is 21.4 Å². The summed E-state index contributed by atoms with van der Waals surface area (Å²) in [5, 5.41) is 19.1. The quantitative estimate of drug-likeness (QED) is 0.667. The minimum absolute atomic E-state index is 0.0287. The van der Waals surface area contributed by atoms with E-state index >= 15 is 0 Å². The Bertz CT molecular complexity index is 518. The third kappa shape index (κ3) is 3.83. The van der Waals surface area contributed by atoms with E-state index in [4.69, 9.17) is 10.1 Å². The van der Waals surface area contributed by atoms with E-state index in [0.29, 0.717) is 6.17 Å². The second kappa shape index (κ2) is 7.18. The number of hydrogen-bond acceptors (Lipinski definition) is 6. The highest BCUT2D eigenvalue weighted by Crippen LogP contribution is 2.17. The molecule has 4 atom stereocenters. The lowest BCUT2D eigenvalue weighted by Crippen LogP contribution is -2.47.